The van der Waals surface area contributed by atoms with E-state index in [9.17, 15) is 19.0 Å². The van der Waals surface area contributed by atoms with Gasteiger partial charge in [-0.15, -0.1) is 0 Å². The van der Waals surface area contributed by atoms with Gasteiger partial charge in [-0.05, 0) is 32.1 Å². The average Bonchev–Trinajstić information content (AvgIpc) is 2.99. The van der Waals surface area contributed by atoms with Gasteiger partial charge in [0, 0.05) is 12.8 Å². The molecule has 0 heterocycles. The summed E-state index contributed by atoms with van der Waals surface area (Å²) < 4.78 is 33.6. The summed E-state index contributed by atoms with van der Waals surface area (Å²) in [6, 6.07) is 0. The molecule has 0 rings (SSSR count). The maximum Gasteiger partial charge on any atom is 0.306 e. The van der Waals surface area contributed by atoms with E-state index in [4.69, 9.17) is 18.5 Å². The van der Waals surface area contributed by atoms with Crippen molar-refractivity contribution in [2.24, 2.45) is 0 Å². The lowest BCUT2D eigenvalue weighted by Crippen LogP contribution is -2.37. The second-order valence-electron chi connectivity index (χ2n) is 13.6. The van der Waals surface area contributed by atoms with Crippen LogP contribution in [-0.4, -0.2) is 70.0 Å². The molecule has 0 bridgehead atoms. The third-order valence-electron chi connectivity index (χ3n) is 7.79. The fraction of sp³-hybridized carbons (Fsp3) is 0.889. The molecule has 0 fully saturated rings. The highest BCUT2D eigenvalue weighted by Gasteiger charge is 2.21. The van der Waals surface area contributed by atoms with Gasteiger partial charge in [0.25, 0.3) is 7.82 Å². The molecule has 0 spiro atoms. The van der Waals surface area contributed by atoms with E-state index in [0.29, 0.717) is 17.4 Å². The predicted octanol–water partition coefficient (Wildman–Crippen LogP) is 8.83. The van der Waals surface area contributed by atoms with Crippen molar-refractivity contribution in [3.8, 4) is 0 Å². The van der Waals surface area contributed by atoms with Crippen molar-refractivity contribution in [1.29, 1.82) is 0 Å². The Kier molecular flexibility index (Phi) is 29.0. The topological polar surface area (TPSA) is 111 Å². The van der Waals surface area contributed by atoms with Crippen LogP contribution in [0.1, 0.15) is 155 Å². The molecule has 0 amide bonds. The van der Waals surface area contributed by atoms with Crippen LogP contribution in [-0.2, 0) is 32.7 Å². The molecule has 10 heteroatoms. The first-order chi connectivity index (χ1) is 22.0. The molecule has 272 valence electrons. The molecule has 0 N–H and O–H groups in total. The summed E-state index contributed by atoms with van der Waals surface area (Å²) in [6.45, 7) is 4.13. The zero-order valence-corrected chi connectivity index (χ0v) is 31.2. The molecular weight excluding hydrogens is 605 g/mol. The molecule has 0 aromatic heterocycles. The Morgan fingerprint density at radius 1 is 0.652 bits per heavy atom. The normalized spacial score (nSPS) is 14.0. The predicted molar refractivity (Wildman–Crippen MR) is 185 cm³/mol. The first kappa shape index (κ1) is 44.8. The fourth-order valence-electron chi connectivity index (χ4n) is 4.81. The molecule has 2 atom stereocenters. The number of hydrogen-bond donors (Lipinski definition) is 0. The largest absolute Gasteiger partial charge is 0.756 e. The van der Waals surface area contributed by atoms with E-state index in [1.165, 1.54) is 83.5 Å². The molecule has 0 saturated carbocycles. The van der Waals surface area contributed by atoms with E-state index < -0.39 is 26.5 Å². The monoisotopic (exact) mass is 675 g/mol. The van der Waals surface area contributed by atoms with Crippen molar-refractivity contribution in [2.75, 3.05) is 47.5 Å². The van der Waals surface area contributed by atoms with E-state index in [2.05, 4.69) is 26.0 Å². The molecule has 0 aliphatic carbocycles. The van der Waals surface area contributed by atoms with Crippen molar-refractivity contribution in [3.63, 3.8) is 0 Å². The number of esters is 2. The van der Waals surface area contributed by atoms with E-state index in [1.807, 2.05) is 21.1 Å². The van der Waals surface area contributed by atoms with Gasteiger partial charge >= 0.3 is 11.9 Å². The lowest BCUT2D eigenvalue weighted by atomic mass is 10.1. The molecule has 0 aliphatic rings. The number of phosphoric acid groups is 1. The van der Waals surface area contributed by atoms with Gasteiger partial charge in [0.05, 0.1) is 27.7 Å². The van der Waals surface area contributed by atoms with E-state index >= 15 is 0 Å². The summed E-state index contributed by atoms with van der Waals surface area (Å²) in [4.78, 5) is 37.1. The first-order valence-corrected chi connectivity index (χ1v) is 19.9. The Balaban J connectivity index is 4.34. The smallest absolute Gasteiger partial charge is 0.306 e. The average molecular weight is 676 g/mol. The quantitative estimate of drug-likeness (QED) is 0.0223. The third kappa shape index (κ3) is 32.7. The van der Waals surface area contributed by atoms with Crippen LogP contribution in [0.15, 0.2) is 12.2 Å². The summed E-state index contributed by atoms with van der Waals surface area (Å²) >= 11 is 0. The van der Waals surface area contributed by atoms with Gasteiger partial charge in [0.15, 0.2) is 6.10 Å². The van der Waals surface area contributed by atoms with Gasteiger partial charge in [-0.25, -0.2) is 0 Å². The number of likely N-dealkylation sites (N-methyl/N-ethyl adjacent to an activating group) is 1. The summed E-state index contributed by atoms with van der Waals surface area (Å²) in [5.41, 5.74) is 0. The van der Waals surface area contributed by atoms with Crippen LogP contribution < -0.4 is 4.89 Å². The number of allylic oxidation sites excluding steroid dienone is 2. The summed E-state index contributed by atoms with van der Waals surface area (Å²) in [5, 5.41) is 0. The SMILES string of the molecule is CCCC/C=C/CCCCCCCCCCCC(=O)OC[C@@H](COP(=O)([O-])OCC[N+](C)(C)C)OC(=O)CCCCCCCCC. The number of carbonyl (C=O) groups excluding carboxylic acids is 2. The van der Waals surface area contributed by atoms with Crippen LogP contribution in [0.25, 0.3) is 0 Å². The van der Waals surface area contributed by atoms with Gasteiger partial charge in [0.2, 0.25) is 0 Å². The van der Waals surface area contributed by atoms with E-state index in [0.717, 1.165) is 38.5 Å². The van der Waals surface area contributed by atoms with Gasteiger partial charge in [-0.1, -0.05) is 122 Å². The van der Waals surface area contributed by atoms with Gasteiger partial charge < -0.3 is 27.9 Å². The number of phosphoric ester groups is 1. The molecular formula is C36H70NO8P. The molecule has 0 saturated heterocycles. The molecule has 0 aromatic rings. The van der Waals surface area contributed by atoms with Crippen LogP contribution in [0.4, 0.5) is 0 Å². The van der Waals surface area contributed by atoms with Crippen molar-refractivity contribution in [2.45, 2.75) is 161 Å². The number of quaternary nitrogens is 1. The lowest BCUT2D eigenvalue weighted by Gasteiger charge is -2.28. The zero-order valence-electron chi connectivity index (χ0n) is 30.3. The summed E-state index contributed by atoms with van der Waals surface area (Å²) in [6.07, 6.45) is 26.8. The van der Waals surface area contributed by atoms with Crippen molar-refractivity contribution >= 4 is 19.8 Å². The van der Waals surface area contributed by atoms with Gasteiger partial charge in [-0.2, -0.15) is 0 Å². The highest BCUT2D eigenvalue weighted by atomic mass is 31.2. The summed E-state index contributed by atoms with van der Waals surface area (Å²) in [7, 11) is 1.17. The van der Waals surface area contributed by atoms with Crippen molar-refractivity contribution in [1.82, 2.24) is 0 Å². The molecule has 9 nitrogen and oxygen atoms in total. The zero-order chi connectivity index (χ0) is 34.4. The Hall–Kier alpha value is -1.25. The minimum absolute atomic E-state index is 0.0287. The minimum atomic E-state index is -4.60. The molecule has 46 heavy (non-hydrogen) atoms. The Bertz CT molecular complexity index is 814. The number of unbranched alkanes of at least 4 members (excludes halogenated alkanes) is 17. The van der Waals surface area contributed by atoms with Crippen LogP contribution >= 0.6 is 7.82 Å². The number of nitrogens with zero attached hydrogens (tertiary/aromatic N) is 1. The number of rotatable bonds is 33. The van der Waals surface area contributed by atoms with E-state index in [1.54, 1.807) is 0 Å². The van der Waals surface area contributed by atoms with Crippen molar-refractivity contribution < 1.29 is 42.1 Å². The van der Waals surface area contributed by atoms with Crippen LogP contribution in [0.3, 0.4) is 0 Å². The maximum absolute atomic E-state index is 12.5. The second kappa shape index (κ2) is 29.9. The Morgan fingerprint density at radius 2 is 1.13 bits per heavy atom. The van der Waals surface area contributed by atoms with Crippen LogP contribution in [0, 0.1) is 0 Å². The maximum atomic E-state index is 12.5. The fourth-order valence-corrected chi connectivity index (χ4v) is 5.54. The Labute approximate surface area is 282 Å². The van der Waals surface area contributed by atoms with Crippen LogP contribution in [0.2, 0.25) is 0 Å². The second-order valence-corrected chi connectivity index (χ2v) is 15.0. The summed E-state index contributed by atoms with van der Waals surface area (Å²) in [5.74, 6) is -0.842. The lowest BCUT2D eigenvalue weighted by molar-refractivity contribution is -0.870. The Morgan fingerprint density at radius 3 is 1.67 bits per heavy atom. The molecule has 0 aliphatic heterocycles. The third-order valence-corrected chi connectivity index (χ3v) is 8.75. The van der Waals surface area contributed by atoms with Gasteiger partial charge in [0.1, 0.15) is 19.8 Å². The molecule has 0 radical (unpaired) electrons. The van der Waals surface area contributed by atoms with Crippen LogP contribution in [0.5, 0.6) is 0 Å². The highest BCUT2D eigenvalue weighted by Crippen LogP contribution is 2.38. The van der Waals surface area contributed by atoms with Gasteiger partial charge in [-0.3, -0.25) is 14.2 Å². The number of carbonyl (C=O) groups is 2. The van der Waals surface area contributed by atoms with Crippen molar-refractivity contribution in [3.05, 3.63) is 12.2 Å². The minimum Gasteiger partial charge on any atom is -0.756 e. The highest BCUT2D eigenvalue weighted by molar-refractivity contribution is 7.45. The standard InChI is InChI=1S/C36H70NO8P/c1-6-8-10-12-14-15-16-17-18-19-20-21-23-24-26-28-35(38)42-32-34(33-44-46(40,41)43-31-30-37(3,4)5)45-36(39)29-27-25-22-13-11-9-7-2/h12,14,34H,6-11,13,15-33H2,1-5H3/b14-12+/t34-/m0/s1. The number of hydrogen-bond acceptors (Lipinski definition) is 8. The van der Waals surface area contributed by atoms with E-state index in [-0.39, 0.29) is 32.0 Å². The first-order valence-electron chi connectivity index (χ1n) is 18.4. The molecule has 0 aromatic carbocycles. The molecule has 1 unspecified atom stereocenters. The number of ether oxygens (including phenoxy) is 2.